The number of anilines is 1. The smallest absolute Gasteiger partial charge is 0.362 e. The monoisotopic (exact) mass is 413 g/mol. The van der Waals surface area contributed by atoms with Gasteiger partial charge in [0.1, 0.15) is 12.4 Å². The van der Waals surface area contributed by atoms with Crippen molar-refractivity contribution in [3.63, 3.8) is 0 Å². The molecular formula is C24H30FN2O3+. The molecule has 0 aliphatic carbocycles. The second-order valence-electron chi connectivity index (χ2n) is 8.62. The Bertz CT molecular complexity index is 904. The van der Waals surface area contributed by atoms with Gasteiger partial charge in [0.15, 0.2) is 12.6 Å². The van der Waals surface area contributed by atoms with Gasteiger partial charge >= 0.3 is 5.97 Å². The molecule has 0 bridgehead atoms. The Hall–Kier alpha value is -2.73. The summed E-state index contributed by atoms with van der Waals surface area (Å²) in [5.74, 6) is -0.658. The highest BCUT2D eigenvalue weighted by atomic mass is 19.1. The van der Waals surface area contributed by atoms with E-state index in [1.54, 1.807) is 4.90 Å². The lowest BCUT2D eigenvalue weighted by Crippen LogP contribution is -2.61. The van der Waals surface area contributed by atoms with Crippen LogP contribution in [0.5, 0.6) is 0 Å². The van der Waals surface area contributed by atoms with Crippen molar-refractivity contribution >= 4 is 17.6 Å². The summed E-state index contributed by atoms with van der Waals surface area (Å²) in [4.78, 5) is 27.6. The van der Waals surface area contributed by atoms with Crippen molar-refractivity contribution in [2.24, 2.45) is 0 Å². The van der Waals surface area contributed by atoms with E-state index in [1.165, 1.54) is 12.1 Å². The molecule has 0 radical (unpaired) electrons. The first kappa shape index (κ1) is 22.0. The minimum Gasteiger partial charge on any atom is -0.457 e. The molecule has 5 nitrogen and oxygen atoms in total. The number of ether oxygens (including phenoxy) is 1. The predicted molar refractivity (Wildman–Crippen MR) is 114 cm³/mol. The van der Waals surface area contributed by atoms with Crippen LogP contribution in [0.1, 0.15) is 29.5 Å². The van der Waals surface area contributed by atoms with Gasteiger partial charge in [-0.05, 0) is 49.1 Å². The molecule has 160 valence electrons. The number of esters is 1. The molecule has 1 unspecified atom stereocenters. The molecule has 0 aromatic heterocycles. The third-order valence-corrected chi connectivity index (χ3v) is 5.76. The lowest BCUT2D eigenvalue weighted by molar-refractivity contribution is -0.899. The summed E-state index contributed by atoms with van der Waals surface area (Å²) in [6.45, 7) is 4.57. The van der Waals surface area contributed by atoms with Gasteiger partial charge in [-0.2, -0.15) is 0 Å². The summed E-state index contributed by atoms with van der Waals surface area (Å²) in [7, 11) is 3.78. The number of rotatable bonds is 6. The van der Waals surface area contributed by atoms with Gasteiger partial charge in [0.2, 0.25) is 0 Å². The normalized spacial score (nSPS) is 17.2. The van der Waals surface area contributed by atoms with Crippen LogP contribution in [0.15, 0.2) is 42.5 Å². The lowest BCUT2D eigenvalue weighted by atomic mass is 9.98. The van der Waals surface area contributed by atoms with Gasteiger partial charge in [0.05, 0.1) is 14.1 Å². The number of quaternary nitrogens is 1. The second kappa shape index (κ2) is 8.96. The summed E-state index contributed by atoms with van der Waals surface area (Å²) >= 11 is 0. The Balaban J connectivity index is 1.71. The molecule has 30 heavy (non-hydrogen) atoms. The molecule has 1 heterocycles. The third-order valence-electron chi connectivity index (χ3n) is 5.76. The van der Waals surface area contributed by atoms with E-state index in [4.69, 9.17) is 4.74 Å². The molecule has 3 rings (SSSR count). The van der Waals surface area contributed by atoms with E-state index in [9.17, 15) is 14.0 Å². The summed E-state index contributed by atoms with van der Waals surface area (Å²) < 4.78 is 19.4. The molecular weight excluding hydrogens is 383 g/mol. The van der Waals surface area contributed by atoms with Gasteiger partial charge in [-0.3, -0.25) is 4.79 Å². The SMILES string of the molecule is Cc1cc(F)cc(C)c1N1CCCC([N+](C)(C)CC(=O)OCc2ccccc2)C1=O. The molecule has 1 saturated heterocycles. The Kier molecular flexibility index (Phi) is 6.56. The van der Waals surface area contributed by atoms with Gasteiger partial charge in [-0.25, -0.2) is 9.18 Å². The lowest BCUT2D eigenvalue weighted by Gasteiger charge is -2.42. The zero-order chi connectivity index (χ0) is 21.9. The average molecular weight is 414 g/mol. The predicted octanol–water partition coefficient (Wildman–Crippen LogP) is 3.76. The molecule has 0 saturated carbocycles. The minimum atomic E-state index is -0.355. The van der Waals surface area contributed by atoms with E-state index in [1.807, 2.05) is 58.3 Å². The molecule has 1 fully saturated rings. The Morgan fingerprint density at radius 1 is 1.17 bits per heavy atom. The van der Waals surface area contributed by atoms with E-state index in [2.05, 4.69) is 0 Å². The molecule has 1 amide bonds. The van der Waals surface area contributed by atoms with Crippen LogP contribution in [-0.4, -0.2) is 49.6 Å². The van der Waals surface area contributed by atoms with Gasteiger partial charge in [0.25, 0.3) is 5.91 Å². The van der Waals surface area contributed by atoms with Crippen molar-refractivity contribution in [1.82, 2.24) is 0 Å². The molecule has 1 aliphatic heterocycles. The number of piperidine rings is 1. The van der Waals surface area contributed by atoms with E-state index < -0.39 is 0 Å². The number of carbonyl (C=O) groups excluding carboxylic acids is 2. The van der Waals surface area contributed by atoms with E-state index in [-0.39, 0.29) is 41.4 Å². The van der Waals surface area contributed by atoms with Crippen molar-refractivity contribution in [3.8, 4) is 0 Å². The number of nitrogens with zero attached hydrogens (tertiary/aromatic N) is 2. The highest BCUT2D eigenvalue weighted by Crippen LogP contribution is 2.31. The van der Waals surface area contributed by atoms with Gasteiger partial charge < -0.3 is 14.1 Å². The maximum atomic E-state index is 13.7. The van der Waals surface area contributed by atoms with E-state index in [0.717, 1.165) is 28.8 Å². The van der Waals surface area contributed by atoms with Crippen LogP contribution in [-0.2, 0) is 20.9 Å². The third kappa shape index (κ3) is 4.87. The molecule has 0 spiro atoms. The van der Waals surface area contributed by atoms with Crippen LogP contribution in [0.2, 0.25) is 0 Å². The number of benzene rings is 2. The number of aryl methyl sites for hydroxylation is 2. The molecule has 6 heteroatoms. The van der Waals surface area contributed by atoms with Crippen LogP contribution in [0.25, 0.3) is 0 Å². The van der Waals surface area contributed by atoms with E-state index >= 15 is 0 Å². The standard InChI is InChI=1S/C24H30FN2O3/c1-17-13-20(25)14-18(2)23(17)26-12-8-11-21(24(26)29)27(3,4)15-22(28)30-16-19-9-6-5-7-10-19/h5-7,9-10,13-14,21H,8,11-12,15-16H2,1-4H3/q+1. The number of amides is 1. The van der Waals surface area contributed by atoms with Crippen LogP contribution in [0, 0.1) is 19.7 Å². The molecule has 1 aliphatic rings. The van der Waals surface area contributed by atoms with E-state index in [0.29, 0.717) is 13.0 Å². The largest absolute Gasteiger partial charge is 0.457 e. The molecule has 2 aromatic carbocycles. The fraction of sp³-hybridized carbons (Fsp3) is 0.417. The number of likely N-dealkylation sites (N-methyl/N-ethyl adjacent to an activating group) is 1. The van der Waals surface area contributed by atoms with Crippen LogP contribution in [0.3, 0.4) is 0 Å². The van der Waals surface area contributed by atoms with Crippen molar-refractivity contribution in [2.45, 2.75) is 39.3 Å². The highest BCUT2D eigenvalue weighted by molar-refractivity contribution is 5.98. The zero-order valence-electron chi connectivity index (χ0n) is 18.2. The molecule has 2 aromatic rings. The number of hydrogen-bond donors (Lipinski definition) is 0. The van der Waals surface area contributed by atoms with Crippen LogP contribution in [0.4, 0.5) is 10.1 Å². The minimum absolute atomic E-state index is 0.0279. The maximum Gasteiger partial charge on any atom is 0.362 e. The first-order chi connectivity index (χ1) is 14.2. The van der Waals surface area contributed by atoms with Crippen molar-refractivity contribution in [1.29, 1.82) is 0 Å². The quantitative estimate of drug-likeness (QED) is 0.535. The second-order valence-corrected chi connectivity index (χ2v) is 8.62. The first-order valence-electron chi connectivity index (χ1n) is 10.3. The average Bonchev–Trinajstić information content (AvgIpc) is 2.67. The summed E-state index contributed by atoms with van der Waals surface area (Å²) in [5.41, 5.74) is 3.19. The summed E-state index contributed by atoms with van der Waals surface area (Å²) in [6.07, 6.45) is 1.53. The highest BCUT2D eigenvalue weighted by Gasteiger charge is 2.42. The van der Waals surface area contributed by atoms with Gasteiger partial charge in [0, 0.05) is 18.7 Å². The maximum absolute atomic E-state index is 13.7. The summed E-state index contributed by atoms with van der Waals surface area (Å²) in [5, 5.41) is 0. The van der Waals surface area contributed by atoms with Crippen molar-refractivity contribution < 1.29 is 23.2 Å². The van der Waals surface area contributed by atoms with Crippen molar-refractivity contribution in [2.75, 3.05) is 32.1 Å². The molecule has 1 atom stereocenters. The number of halogens is 1. The Morgan fingerprint density at radius 3 is 2.43 bits per heavy atom. The molecule has 0 N–H and O–H groups in total. The van der Waals surface area contributed by atoms with Gasteiger partial charge in [-0.1, -0.05) is 30.3 Å². The Labute approximate surface area is 177 Å². The van der Waals surface area contributed by atoms with Crippen LogP contribution < -0.4 is 4.90 Å². The summed E-state index contributed by atoms with van der Waals surface area (Å²) in [6, 6.07) is 12.1. The first-order valence-corrected chi connectivity index (χ1v) is 10.3. The van der Waals surface area contributed by atoms with Crippen LogP contribution >= 0.6 is 0 Å². The fourth-order valence-electron chi connectivity index (χ4n) is 4.28. The van der Waals surface area contributed by atoms with Crippen molar-refractivity contribution in [3.05, 3.63) is 65.0 Å². The number of carbonyl (C=O) groups is 2. The van der Waals surface area contributed by atoms with Gasteiger partial charge in [-0.15, -0.1) is 0 Å². The Morgan fingerprint density at radius 2 is 1.80 bits per heavy atom. The topological polar surface area (TPSA) is 46.6 Å². The zero-order valence-corrected chi connectivity index (χ0v) is 18.2. The fourth-order valence-corrected chi connectivity index (χ4v) is 4.28. The number of hydrogen-bond acceptors (Lipinski definition) is 3.